The van der Waals surface area contributed by atoms with Crippen LogP contribution in [0, 0.1) is 0 Å². The van der Waals surface area contributed by atoms with Gasteiger partial charge in [0, 0.05) is 24.6 Å². The number of hydrogen-bond donors (Lipinski definition) is 1. The molecule has 0 unspecified atom stereocenters. The summed E-state index contributed by atoms with van der Waals surface area (Å²) < 4.78 is 0. The highest BCUT2D eigenvalue weighted by Gasteiger charge is 2.15. The van der Waals surface area contributed by atoms with Crippen molar-refractivity contribution in [1.29, 1.82) is 0 Å². The van der Waals surface area contributed by atoms with Crippen LogP contribution in [0.25, 0.3) is 0 Å². The molecule has 1 aromatic heterocycles. The van der Waals surface area contributed by atoms with E-state index in [0.717, 1.165) is 18.2 Å². The van der Waals surface area contributed by atoms with E-state index >= 15 is 0 Å². The first kappa shape index (κ1) is 15.7. The van der Waals surface area contributed by atoms with Gasteiger partial charge >= 0.3 is 0 Å². The molecule has 0 aliphatic rings. The molecule has 0 radical (unpaired) electrons. The first-order valence-electron chi connectivity index (χ1n) is 7.36. The van der Waals surface area contributed by atoms with Gasteiger partial charge in [0.1, 0.15) is 17.5 Å². The van der Waals surface area contributed by atoms with Crippen molar-refractivity contribution in [3.8, 4) is 0 Å². The lowest BCUT2D eigenvalue weighted by molar-refractivity contribution is 0.615. The second kappa shape index (κ2) is 7.31. The van der Waals surface area contributed by atoms with Gasteiger partial charge in [-0.05, 0) is 20.3 Å². The summed E-state index contributed by atoms with van der Waals surface area (Å²) in [6.07, 6.45) is 3.67. The third-order valence-corrected chi connectivity index (χ3v) is 3.19. The summed E-state index contributed by atoms with van der Waals surface area (Å²) in [4.78, 5) is 11.3. The maximum absolute atomic E-state index is 5.91. The monoisotopic (exact) mass is 264 g/mol. The van der Waals surface area contributed by atoms with E-state index in [-0.39, 0.29) is 0 Å². The number of nitrogen functional groups attached to an aromatic ring is 1. The Bertz CT molecular complexity index is 388. The number of unbranched alkanes of at least 4 members (excludes halogenated alkanes) is 2. The first-order chi connectivity index (χ1) is 8.95. The minimum atomic E-state index is 0.298. The van der Waals surface area contributed by atoms with Gasteiger partial charge in [0.2, 0.25) is 0 Å². The highest BCUT2D eigenvalue weighted by molar-refractivity contribution is 5.47. The highest BCUT2D eigenvalue weighted by atomic mass is 15.2. The molecule has 4 nitrogen and oxygen atoms in total. The molecule has 2 N–H and O–H groups in total. The molecule has 0 aliphatic carbocycles. The molecular formula is C15H28N4. The molecule has 0 bridgehead atoms. The Morgan fingerprint density at radius 2 is 1.84 bits per heavy atom. The van der Waals surface area contributed by atoms with Crippen LogP contribution in [-0.2, 0) is 0 Å². The van der Waals surface area contributed by atoms with Crippen LogP contribution in [0.3, 0.4) is 0 Å². The Hall–Kier alpha value is -1.32. The van der Waals surface area contributed by atoms with Crippen LogP contribution >= 0.6 is 0 Å². The van der Waals surface area contributed by atoms with E-state index in [1.165, 1.54) is 19.3 Å². The molecule has 0 amide bonds. The lowest BCUT2D eigenvalue weighted by Crippen LogP contribution is -2.33. The average molecular weight is 264 g/mol. The minimum Gasteiger partial charge on any atom is -0.384 e. The van der Waals surface area contributed by atoms with Gasteiger partial charge in [-0.2, -0.15) is 0 Å². The maximum Gasteiger partial charge on any atom is 0.135 e. The number of nitrogens with two attached hydrogens (primary N) is 1. The Morgan fingerprint density at radius 1 is 1.16 bits per heavy atom. The molecule has 4 heteroatoms. The fourth-order valence-electron chi connectivity index (χ4n) is 2.05. The van der Waals surface area contributed by atoms with Gasteiger partial charge in [-0.1, -0.05) is 33.6 Å². The number of hydrogen-bond acceptors (Lipinski definition) is 4. The molecule has 1 rings (SSSR count). The van der Waals surface area contributed by atoms with Gasteiger partial charge in [0.05, 0.1) is 0 Å². The molecule has 0 aromatic carbocycles. The van der Waals surface area contributed by atoms with Crippen LogP contribution in [-0.4, -0.2) is 22.6 Å². The Labute approximate surface area is 117 Å². The number of rotatable bonds is 7. The SMILES string of the molecule is CCCCCN(c1cc(N)nc(C(C)C)n1)C(C)C. The molecule has 0 atom stereocenters. The van der Waals surface area contributed by atoms with Crippen LogP contribution in [0.15, 0.2) is 6.07 Å². The van der Waals surface area contributed by atoms with Crippen molar-refractivity contribution in [2.24, 2.45) is 0 Å². The second-order valence-corrected chi connectivity index (χ2v) is 5.66. The normalized spacial score (nSPS) is 11.3. The van der Waals surface area contributed by atoms with Crippen LogP contribution in [0.1, 0.15) is 65.6 Å². The van der Waals surface area contributed by atoms with Gasteiger partial charge in [-0.3, -0.25) is 0 Å². The predicted molar refractivity (Wildman–Crippen MR) is 82.5 cm³/mol. The number of anilines is 2. The van der Waals surface area contributed by atoms with Crippen molar-refractivity contribution >= 4 is 11.6 Å². The molecule has 0 saturated heterocycles. The Kier molecular flexibility index (Phi) is 6.06. The minimum absolute atomic E-state index is 0.298. The van der Waals surface area contributed by atoms with Gasteiger partial charge < -0.3 is 10.6 Å². The van der Waals surface area contributed by atoms with Gasteiger partial charge in [-0.15, -0.1) is 0 Å². The topological polar surface area (TPSA) is 55.0 Å². The van der Waals surface area contributed by atoms with E-state index in [9.17, 15) is 0 Å². The lowest BCUT2D eigenvalue weighted by atomic mass is 10.2. The number of nitrogens with zero attached hydrogens (tertiary/aromatic N) is 3. The largest absolute Gasteiger partial charge is 0.384 e. The molecule has 1 aromatic rings. The summed E-state index contributed by atoms with van der Waals surface area (Å²) in [7, 11) is 0. The first-order valence-corrected chi connectivity index (χ1v) is 7.36. The van der Waals surface area contributed by atoms with E-state index < -0.39 is 0 Å². The molecule has 0 saturated carbocycles. The molecule has 19 heavy (non-hydrogen) atoms. The average Bonchev–Trinajstić information content (AvgIpc) is 2.33. The standard InChI is InChI=1S/C15H28N4/c1-6-7-8-9-19(12(4)5)14-10-13(16)17-15(18-14)11(2)3/h10-12H,6-9H2,1-5H3,(H2,16,17,18). The fraction of sp³-hybridized carbons (Fsp3) is 0.733. The van der Waals surface area contributed by atoms with Crippen LogP contribution in [0.4, 0.5) is 11.6 Å². The van der Waals surface area contributed by atoms with Gasteiger partial charge in [-0.25, -0.2) is 9.97 Å². The number of aromatic nitrogens is 2. The maximum atomic E-state index is 5.91. The van der Waals surface area contributed by atoms with E-state index in [1.807, 2.05) is 6.07 Å². The molecule has 0 fully saturated rings. The zero-order valence-corrected chi connectivity index (χ0v) is 13.0. The van der Waals surface area contributed by atoms with Gasteiger partial charge in [0.25, 0.3) is 0 Å². The summed E-state index contributed by atoms with van der Waals surface area (Å²) in [5.74, 6) is 2.65. The van der Waals surface area contributed by atoms with E-state index in [4.69, 9.17) is 5.73 Å². The van der Waals surface area contributed by atoms with Crippen molar-refractivity contribution in [1.82, 2.24) is 9.97 Å². The molecular weight excluding hydrogens is 236 g/mol. The van der Waals surface area contributed by atoms with E-state index in [1.54, 1.807) is 0 Å². The molecule has 108 valence electrons. The fourth-order valence-corrected chi connectivity index (χ4v) is 2.05. The summed E-state index contributed by atoms with van der Waals surface area (Å²) >= 11 is 0. The van der Waals surface area contributed by atoms with Crippen molar-refractivity contribution in [2.75, 3.05) is 17.2 Å². The van der Waals surface area contributed by atoms with E-state index in [2.05, 4.69) is 49.5 Å². The van der Waals surface area contributed by atoms with Crippen molar-refractivity contribution in [3.63, 3.8) is 0 Å². The highest BCUT2D eigenvalue weighted by Crippen LogP contribution is 2.20. The lowest BCUT2D eigenvalue weighted by Gasteiger charge is -2.28. The third kappa shape index (κ3) is 4.69. The Balaban J connectivity index is 2.94. The smallest absolute Gasteiger partial charge is 0.135 e. The van der Waals surface area contributed by atoms with Gasteiger partial charge in [0.15, 0.2) is 0 Å². The third-order valence-electron chi connectivity index (χ3n) is 3.19. The molecule has 0 spiro atoms. The van der Waals surface area contributed by atoms with Crippen LogP contribution in [0.2, 0.25) is 0 Å². The van der Waals surface area contributed by atoms with Crippen LogP contribution in [0.5, 0.6) is 0 Å². The summed E-state index contributed by atoms with van der Waals surface area (Å²) in [5, 5.41) is 0. The van der Waals surface area contributed by atoms with E-state index in [0.29, 0.717) is 17.8 Å². The molecule has 0 aliphatic heterocycles. The Morgan fingerprint density at radius 3 is 2.37 bits per heavy atom. The van der Waals surface area contributed by atoms with Crippen LogP contribution < -0.4 is 10.6 Å². The zero-order chi connectivity index (χ0) is 14.4. The summed E-state index contributed by atoms with van der Waals surface area (Å²) in [6.45, 7) is 11.8. The zero-order valence-electron chi connectivity index (χ0n) is 13.0. The quantitative estimate of drug-likeness (QED) is 0.765. The van der Waals surface area contributed by atoms with Crippen molar-refractivity contribution < 1.29 is 0 Å². The van der Waals surface area contributed by atoms with Crippen molar-refractivity contribution in [2.45, 2.75) is 65.8 Å². The second-order valence-electron chi connectivity index (χ2n) is 5.66. The summed E-state index contributed by atoms with van der Waals surface area (Å²) in [5.41, 5.74) is 5.91. The van der Waals surface area contributed by atoms with Crippen molar-refractivity contribution in [3.05, 3.63) is 11.9 Å². The predicted octanol–water partition coefficient (Wildman–Crippen LogP) is 3.59. The molecule has 1 heterocycles. The summed E-state index contributed by atoms with van der Waals surface area (Å²) in [6, 6.07) is 2.31.